The van der Waals surface area contributed by atoms with E-state index in [1.165, 1.54) is 5.56 Å². The van der Waals surface area contributed by atoms with Gasteiger partial charge in [0.25, 0.3) is 0 Å². The number of nitrogens with zero attached hydrogens (tertiary/aromatic N) is 2. The normalized spacial score (nSPS) is 22.5. The molecule has 164 valence electrons. The first-order valence-electron chi connectivity index (χ1n) is 10.8. The van der Waals surface area contributed by atoms with Gasteiger partial charge in [0.1, 0.15) is 6.04 Å². The van der Waals surface area contributed by atoms with Crippen LogP contribution < -0.4 is 16.2 Å². The fourth-order valence-electron chi connectivity index (χ4n) is 4.16. The number of aliphatic hydroxyl groups excluding tert-OH is 1. The number of hydrogen-bond acceptors (Lipinski definition) is 6. The summed E-state index contributed by atoms with van der Waals surface area (Å²) in [5, 5.41) is 20.8. The van der Waals surface area contributed by atoms with Crippen molar-refractivity contribution in [2.75, 3.05) is 12.4 Å². The standard InChI is InChI=1S/C24H31N5O2/c1-17(29-15-14-28(2)27-29)24(31)26-20-10-8-18(9-11-20)16-21-12-13-22(25-21)23(30)19-6-4-3-5-7-19/h3-11,14-15,17,21-23,25,27,30H,12-13,16H2,1-2H3,(H,26,31)/t17?,21-,22+,23?/m0/s1. The van der Waals surface area contributed by atoms with E-state index in [4.69, 9.17) is 0 Å². The summed E-state index contributed by atoms with van der Waals surface area (Å²) in [5.74, 6) is -0.0737. The highest BCUT2D eigenvalue weighted by Crippen LogP contribution is 2.27. The van der Waals surface area contributed by atoms with Gasteiger partial charge < -0.3 is 15.7 Å². The Kier molecular flexibility index (Phi) is 6.56. The number of amides is 1. The lowest BCUT2D eigenvalue weighted by atomic mass is 10.0. The molecule has 0 aliphatic carbocycles. The molecule has 4 atom stereocenters. The second-order valence-corrected chi connectivity index (χ2v) is 8.39. The minimum absolute atomic E-state index is 0.0737. The van der Waals surface area contributed by atoms with E-state index in [9.17, 15) is 9.90 Å². The van der Waals surface area contributed by atoms with Crippen molar-refractivity contribution in [1.29, 1.82) is 0 Å². The molecule has 2 aliphatic rings. The van der Waals surface area contributed by atoms with Crippen LogP contribution in [0.15, 0.2) is 67.0 Å². The molecule has 0 aromatic heterocycles. The predicted molar refractivity (Wildman–Crippen MR) is 121 cm³/mol. The van der Waals surface area contributed by atoms with Gasteiger partial charge in [-0.1, -0.05) is 42.5 Å². The Morgan fingerprint density at radius 2 is 1.87 bits per heavy atom. The molecule has 0 radical (unpaired) electrons. The first-order valence-corrected chi connectivity index (χ1v) is 10.8. The van der Waals surface area contributed by atoms with Crippen LogP contribution in [0, 0.1) is 0 Å². The number of anilines is 1. The van der Waals surface area contributed by atoms with Crippen molar-refractivity contribution >= 4 is 11.6 Å². The molecule has 1 fully saturated rings. The Bertz CT molecular complexity index is 902. The fourth-order valence-corrected chi connectivity index (χ4v) is 4.16. The van der Waals surface area contributed by atoms with E-state index in [-0.39, 0.29) is 18.0 Å². The van der Waals surface area contributed by atoms with Gasteiger partial charge in [-0.2, -0.15) is 0 Å². The number of carbonyl (C=O) groups excluding carboxylic acids is 1. The summed E-state index contributed by atoms with van der Waals surface area (Å²) in [6, 6.07) is 17.9. The number of nitrogens with one attached hydrogen (secondary N) is 3. The van der Waals surface area contributed by atoms with E-state index in [0.717, 1.165) is 30.5 Å². The van der Waals surface area contributed by atoms with E-state index in [2.05, 4.69) is 28.3 Å². The number of hydrogen-bond donors (Lipinski definition) is 4. The van der Waals surface area contributed by atoms with Crippen molar-refractivity contribution in [2.24, 2.45) is 0 Å². The molecule has 2 unspecified atom stereocenters. The summed E-state index contributed by atoms with van der Waals surface area (Å²) < 4.78 is 0. The average Bonchev–Trinajstić information content (AvgIpc) is 3.44. The summed E-state index contributed by atoms with van der Waals surface area (Å²) in [7, 11) is 1.88. The van der Waals surface area contributed by atoms with E-state index in [1.807, 2.05) is 68.8 Å². The third-order valence-corrected chi connectivity index (χ3v) is 6.02. The summed E-state index contributed by atoms with van der Waals surface area (Å²) in [6.07, 6.45) is 6.11. The van der Waals surface area contributed by atoms with Crippen LogP contribution in [0.5, 0.6) is 0 Å². The molecule has 2 aliphatic heterocycles. The Balaban J connectivity index is 1.27. The lowest BCUT2D eigenvalue weighted by Gasteiger charge is -2.25. The highest BCUT2D eigenvalue weighted by atomic mass is 16.3. The van der Waals surface area contributed by atoms with Crippen LogP contribution in [-0.4, -0.2) is 46.2 Å². The predicted octanol–water partition coefficient (Wildman–Crippen LogP) is 2.55. The molecule has 1 saturated heterocycles. The molecule has 0 saturated carbocycles. The van der Waals surface area contributed by atoms with Crippen molar-refractivity contribution in [3.05, 3.63) is 78.1 Å². The maximum atomic E-state index is 12.5. The third-order valence-electron chi connectivity index (χ3n) is 6.02. The molecule has 2 aromatic rings. The minimum Gasteiger partial charge on any atom is -0.387 e. The second-order valence-electron chi connectivity index (χ2n) is 8.39. The maximum absolute atomic E-state index is 12.5. The zero-order valence-electron chi connectivity index (χ0n) is 18.0. The molecule has 7 nitrogen and oxygen atoms in total. The third kappa shape index (κ3) is 5.25. The van der Waals surface area contributed by atoms with Crippen LogP contribution in [0.3, 0.4) is 0 Å². The molecule has 2 aromatic carbocycles. The van der Waals surface area contributed by atoms with Gasteiger partial charge in [0.2, 0.25) is 5.91 Å². The number of carbonyl (C=O) groups is 1. The molecule has 2 heterocycles. The smallest absolute Gasteiger partial charge is 0.248 e. The van der Waals surface area contributed by atoms with Crippen molar-refractivity contribution in [1.82, 2.24) is 20.9 Å². The maximum Gasteiger partial charge on any atom is 0.248 e. The molecule has 0 bridgehead atoms. The van der Waals surface area contributed by atoms with Crippen molar-refractivity contribution in [2.45, 2.75) is 50.4 Å². The zero-order chi connectivity index (χ0) is 21.8. The average molecular weight is 422 g/mol. The van der Waals surface area contributed by atoms with Crippen LogP contribution in [-0.2, 0) is 11.2 Å². The molecular weight excluding hydrogens is 390 g/mol. The van der Waals surface area contributed by atoms with E-state index in [1.54, 1.807) is 10.0 Å². The van der Waals surface area contributed by atoms with Gasteiger partial charge in [-0.3, -0.25) is 14.8 Å². The summed E-state index contributed by atoms with van der Waals surface area (Å²) in [6.45, 7) is 1.85. The SMILES string of the molecule is CC(C(=O)Nc1ccc(C[C@@H]2CC[C@H](C(O)c3ccccc3)N2)cc1)N1C=CN(C)N1. The number of hydrazine groups is 2. The van der Waals surface area contributed by atoms with Gasteiger partial charge in [-0.15, -0.1) is 5.53 Å². The van der Waals surface area contributed by atoms with Gasteiger partial charge in [0, 0.05) is 37.2 Å². The lowest BCUT2D eigenvalue weighted by Crippen LogP contribution is -2.47. The first kappa shape index (κ1) is 21.4. The molecule has 4 rings (SSSR count). The molecule has 31 heavy (non-hydrogen) atoms. The van der Waals surface area contributed by atoms with Gasteiger partial charge in [0.05, 0.1) is 6.10 Å². The second kappa shape index (κ2) is 9.51. The van der Waals surface area contributed by atoms with E-state index < -0.39 is 6.10 Å². The van der Waals surface area contributed by atoms with Crippen LogP contribution in [0.1, 0.15) is 37.0 Å². The van der Waals surface area contributed by atoms with Crippen molar-refractivity contribution < 1.29 is 9.90 Å². The van der Waals surface area contributed by atoms with Crippen LogP contribution in [0.25, 0.3) is 0 Å². The molecule has 0 spiro atoms. The largest absolute Gasteiger partial charge is 0.387 e. The van der Waals surface area contributed by atoms with Gasteiger partial charge in [-0.05, 0) is 49.4 Å². The first-order chi connectivity index (χ1) is 15.0. The van der Waals surface area contributed by atoms with Crippen molar-refractivity contribution in [3.8, 4) is 0 Å². The highest BCUT2D eigenvalue weighted by Gasteiger charge is 2.30. The van der Waals surface area contributed by atoms with Crippen LogP contribution in [0.4, 0.5) is 5.69 Å². The molecule has 7 heteroatoms. The summed E-state index contributed by atoms with van der Waals surface area (Å²) >= 11 is 0. The highest BCUT2D eigenvalue weighted by molar-refractivity contribution is 5.94. The van der Waals surface area contributed by atoms with Crippen molar-refractivity contribution in [3.63, 3.8) is 0 Å². The quantitative estimate of drug-likeness (QED) is 0.550. The van der Waals surface area contributed by atoms with Gasteiger partial charge in [-0.25, -0.2) is 0 Å². The van der Waals surface area contributed by atoms with E-state index in [0.29, 0.717) is 6.04 Å². The summed E-state index contributed by atoms with van der Waals surface area (Å²) in [5.41, 5.74) is 6.02. The van der Waals surface area contributed by atoms with Crippen LogP contribution in [0.2, 0.25) is 0 Å². The molecular formula is C24H31N5O2. The lowest BCUT2D eigenvalue weighted by molar-refractivity contribution is -0.121. The molecule has 1 amide bonds. The Hall–Kier alpha value is -2.87. The topological polar surface area (TPSA) is 79.9 Å². The summed E-state index contributed by atoms with van der Waals surface area (Å²) in [4.78, 5) is 12.5. The van der Waals surface area contributed by atoms with Crippen LogP contribution >= 0.6 is 0 Å². The van der Waals surface area contributed by atoms with Gasteiger partial charge in [0.15, 0.2) is 0 Å². The Morgan fingerprint density at radius 1 is 1.13 bits per heavy atom. The fraction of sp³-hybridized carbons (Fsp3) is 0.375. The number of rotatable bonds is 7. The Labute approximate surface area is 183 Å². The Morgan fingerprint density at radius 3 is 2.55 bits per heavy atom. The van der Waals surface area contributed by atoms with Gasteiger partial charge >= 0.3 is 0 Å². The number of aliphatic hydroxyl groups is 1. The molecule has 4 N–H and O–H groups in total. The monoisotopic (exact) mass is 421 g/mol. The number of benzene rings is 2. The minimum atomic E-state index is -0.481. The van der Waals surface area contributed by atoms with E-state index >= 15 is 0 Å². The zero-order valence-corrected chi connectivity index (χ0v) is 18.0.